The lowest BCUT2D eigenvalue weighted by Crippen LogP contribution is -2.48. The second-order valence-electron chi connectivity index (χ2n) is 8.54. The van der Waals surface area contributed by atoms with Crippen LogP contribution in [0.3, 0.4) is 0 Å². The number of hydrogen-bond acceptors (Lipinski definition) is 6. The van der Waals surface area contributed by atoms with Crippen LogP contribution in [0.15, 0.2) is 52.9 Å². The average Bonchev–Trinajstić information content (AvgIpc) is 3.20. The molecular formula is C26H31ClN4O2S. The van der Waals surface area contributed by atoms with Crippen molar-refractivity contribution in [3.05, 3.63) is 70.6 Å². The largest absolute Gasteiger partial charge is 0.441 e. The molecule has 1 aliphatic heterocycles. The first kappa shape index (κ1) is 24.6. The first-order valence-corrected chi connectivity index (χ1v) is 13.1. The fraction of sp³-hybridized carbons (Fsp3) is 0.385. The number of carbonyl (C=O) groups excluding carboxylic acids is 1. The van der Waals surface area contributed by atoms with Crippen molar-refractivity contribution >= 4 is 35.0 Å². The van der Waals surface area contributed by atoms with Crippen molar-refractivity contribution in [2.75, 3.05) is 49.9 Å². The van der Waals surface area contributed by atoms with Gasteiger partial charge in [0.15, 0.2) is 0 Å². The van der Waals surface area contributed by atoms with E-state index in [1.807, 2.05) is 37.3 Å². The predicted molar refractivity (Wildman–Crippen MR) is 141 cm³/mol. The Hall–Kier alpha value is -2.48. The SMILES string of the molecule is Cc1cccc(-c2nc(CSCC(=O)NCCN3CCN(c4cccc(Cl)c4)CC3)c(C)o2)c1. The second kappa shape index (κ2) is 11.8. The van der Waals surface area contributed by atoms with Gasteiger partial charge in [0.25, 0.3) is 0 Å². The molecule has 0 atom stereocenters. The Kier molecular flexibility index (Phi) is 8.53. The fourth-order valence-corrected chi connectivity index (χ4v) is 5.05. The van der Waals surface area contributed by atoms with E-state index in [1.54, 1.807) is 11.8 Å². The number of aryl methyl sites for hydroxylation is 2. The van der Waals surface area contributed by atoms with Crippen molar-refractivity contribution < 1.29 is 9.21 Å². The van der Waals surface area contributed by atoms with Crippen molar-refractivity contribution in [3.8, 4) is 11.5 Å². The van der Waals surface area contributed by atoms with E-state index in [0.29, 0.717) is 23.9 Å². The smallest absolute Gasteiger partial charge is 0.230 e. The molecule has 0 radical (unpaired) electrons. The van der Waals surface area contributed by atoms with Crippen LogP contribution >= 0.6 is 23.4 Å². The Labute approximate surface area is 210 Å². The monoisotopic (exact) mass is 498 g/mol. The number of nitrogens with one attached hydrogen (secondary N) is 1. The van der Waals surface area contributed by atoms with Gasteiger partial charge in [-0.2, -0.15) is 0 Å². The van der Waals surface area contributed by atoms with Gasteiger partial charge in [-0.25, -0.2) is 4.98 Å². The zero-order valence-electron chi connectivity index (χ0n) is 19.7. The first-order valence-electron chi connectivity index (χ1n) is 11.6. The molecule has 0 bridgehead atoms. The highest BCUT2D eigenvalue weighted by Gasteiger charge is 2.17. The molecule has 1 aliphatic rings. The number of halogens is 1. The fourth-order valence-electron chi connectivity index (χ4n) is 4.01. The van der Waals surface area contributed by atoms with Gasteiger partial charge in [-0.05, 0) is 44.2 Å². The third-order valence-corrected chi connectivity index (χ3v) is 7.10. The molecule has 1 aromatic heterocycles. The zero-order chi connectivity index (χ0) is 23.9. The Morgan fingerprint density at radius 1 is 1.12 bits per heavy atom. The highest BCUT2D eigenvalue weighted by atomic mass is 35.5. The van der Waals surface area contributed by atoms with E-state index in [9.17, 15) is 4.79 Å². The molecule has 1 amide bonds. The Morgan fingerprint density at radius 2 is 1.91 bits per heavy atom. The van der Waals surface area contributed by atoms with Crippen LogP contribution < -0.4 is 10.2 Å². The van der Waals surface area contributed by atoms with Crippen LogP contribution in [0, 0.1) is 13.8 Å². The van der Waals surface area contributed by atoms with Crippen molar-refractivity contribution in [1.29, 1.82) is 0 Å². The number of oxazole rings is 1. The number of amides is 1. The lowest BCUT2D eigenvalue weighted by atomic mass is 10.1. The van der Waals surface area contributed by atoms with Gasteiger partial charge in [-0.15, -0.1) is 11.8 Å². The summed E-state index contributed by atoms with van der Waals surface area (Å²) in [5.74, 6) is 2.56. The van der Waals surface area contributed by atoms with Gasteiger partial charge in [-0.3, -0.25) is 9.69 Å². The molecular weight excluding hydrogens is 468 g/mol. The molecule has 180 valence electrons. The number of thioether (sulfide) groups is 1. The van der Waals surface area contributed by atoms with Crippen LogP contribution in [-0.2, 0) is 10.5 Å². The molecule has 1 saturated heterocycles. The summed E-state index contributed by atoms with van der Waals surface area (Å²) in [5, 5.41) is 3.81. The molecule has 2 heterocycles. The van der Waals surface area contributed by atoms with Crippen LogP contribution in [0.4, 0.5) is 5.69 Å². The molecule has 1 fully saturated rings. The van der Waals surface area contributed by atoms with Crippen LogP contribution in [-0.4, -0.2) is 60.8 Å². The second-order valence-corrected chi connectivity index (χ2v) is 9.96. The predicted octanol–water partition coefficient (Wildman–Crippen LogP) is 4.78. The molecule has 34 heavy (non-hydrogen) atoms. The Morgan fingerprint density at radius 3 is 2.68 bits per heavy atom. The molecule has 0 spiro atoms. The summed E-state index contributed by atoms with van der Waals surface area (Å²) in [4.78, 5) is 21.7. The highest BCUT2D eigenvalue weighted by molar-refractivity contribution is 7.99. The summed E-state index contributed by atoms with van der Waals surface area (Å²) in [6.45, 7) is 9.39. The maximum Gasteiger partial charge on any atom is 0.230 e. The Balaban J connectivity index is 1.13. The van der Waals surface area contributed by atoms with Crippen molar-refractivity contribution in [2.24, 2.45) is 0 Å². The molecule has 6 nitrogen and oxygen atoms in total. The van der Waals surface area contributed by atoms with E-state index >= 15 is 0 Å². The number of piperazine rings is 1. The molecule has 1 N–H and O–H groups in total. The molecule has 0 unspecified atom stereocenters. The summed E-state index contributed by atoms with van der Waals surface area (Å²) in [6.07, 6.45) is 0. The lowest BCUT2D eigenvalue weighted by Gasteiger charge is -2.36. The minimum atomic E-state index is 0.0580. The maximum atomic E-state index is 12.3. The zero-order valence-corrected chi connectivity index (χ0v) is 21.3. The summed E-state index contributed by atoms with van der Waals surface area (Å²) < 4.78 is 5.85. The minimum absolute atomic E-state index is 0.0580. The number of benzene rings is 2. The third kappa shape index (κ3) is 6.78. The van der Waals surface area contributed by atoms with Crippen LogP contribution in [0.25, 0.3) is 11.5 Å². The van der Waals surface area contributed by atoms with Gasteiger partial charge in [0, 0.05) is 61.3 Å². The van der Waals surface area contributed by atoms with E-state index in [1.165, 1.54) is 11.3 Å². The maximum absolute atomic E-state index is 12.3. The standard InChI is InChI=1S/C26H31ClN4O2S/c1-19-5-3-6-21(15-19)26-29-24(20(2)33-26)17-34-18-25(32)28-9-10-30-11-13-31(14-12-30)23-8-4-7-22(27)16-23/h3-8,15-16H,9-14,17-18H2,1-2H3,(H,28,32). The van der Waals surface area contributed by atoms with E-state index in [2.05, 4.69) is 45.2 Å². The van der Waals surface area contributed by atoms with Crippen molar-refractivity contribution in [1.82, 2.24) is 15.2 Å². The number of carbonyl (C=O) groups is 1. The molecule has 8 heteroatoms. The molecule has 2 aromatic carbocycles. The van der Waals surface area contributed by atoms with Gasteiger partial charge < -0.3 is 14.6 Å². The van der Waals surface area contributed by atoms with Gasteiger partial charge in [-0.1, -0.05) is 35.4 Å². The summed E-state index contributed by atoms with van der Waals surface area (Å²) in [5.41, 5.74) is 4.21. The van der Waals surface area contributed by atoms with Crippen LogP contribution in [0.2, 0.25) is 5.02 Å². The lowest BCUT2D eigenvalue weighted by molar-refractivity contribution is -0.118. The topological polar surface area (TPSA) is 61.6 Å². The van der Waals surface area contributed by atoms with E-state index in [4.69, 9.17) is 16.0 Å². The highest BCUT2D eigenvalue weighted by Crippen LogP contribution is 2.25. The van der Waals surface area contributed by atoms with Crippen molar-refractivity contribution in [2.45, 2.75) is 19.6 Å². The number of nitrogens with zero attached hydrogens (tertiary/aromatic N) is 3. The summed E-state index contributed by atoms with van der Waals surface area (Å²) >= 11 is 7.67. The van der Waals surface area contributed by atoms with Gasteiger partial charge in [0.1, 0.15) is 5.76 Å². The minimum Gasteiger partial charge on any atom is -0.441 e. The Bertz CT molecular complexity index is 1110. The first-order chi connectivity index (χ1) is 16.5. The molecule has 0 aliphatic carbocycles. The van der Waals surface area contributed by atoms with E-state index < -0.39 is 0 Å². The van der Waals surface area contributed by atoms with E-state index in [-0.39, 0.29) is 5.91 Å². The van der Waals surface area contributed by atoms with E-state index in [0.717, 1.165) is 54.8 Å². The molecule has 4 rings (SSSR count). The van der Waals surface area contributed by atoms with Gasteiger partial charge in [0.05, 0.1) is 11.4 Å². The summed E-state index contributed by atoms with van der Waals surface area (Å²) in [7, 11) is 0. The van der Waals surface area contributed by atoms with Crippen molar-refractivity contribution in [3.63, 3.8) is 0 Å². The van der Waals surface area contributed by atoms with Crippen LogP contribution in [0.1, 0.15) is 17.0 Å². The normalized spacial score (nSPS) is 14.4. The number of anilines is 1. The molecule has 3 aromatic rings. The van der Waals surface area contributed by atoms with Crippen LogP contribution in [0.5, 0.6) is 0 Å². The number of aromatic nitrogens is 1. The number of rotatable bonds is 9. The molecule has 0 saturated carbocycles. The van der Waals surface area contributed by atoms with Gasteiger partial charge in [0.2, 0.25) is 11.8 Å². The summed E-state index contributed by atoms with van der Waals surface area (Å²) in [6, 6.07) is 16.1. The average molecular weight is 499 g/mol. The number of hydrogen-bond donors (Lipinski definition) is 1. The third-order valence-electron chi connectivity index (χ3n) is 5.93. The quantitative estimate of drug-likeness (QED) is 0.458. The van der Waals surface area contributed by atoms with Gasteiger partial charge >= 0.3 is 0 Å².